The predicted octanol–water partition coefficient (Wildman–Crippen LogP) is -0.134. The number of rotatable bonds is 3. The Morgan fingerprint density at radius 1 is 1.48 bits per heavy atom. The Kier molecular flexibility index (Phi) is 3.60. The van der Waals surface area contributed by atoms with E-state index in [9.17, 15) is 9.90 Å². The topological polar surface area (TPSA) is 74.0 Å². The Labute approximate surface area is 122 Å². The number of amides is 1. The molecule has 0 aromatic carbocycles. The zero-order chi connectivity index (χ0) is 15.0. The summed E-state index contributed by atoms with van der Waals surface area (Å²) in [6.45, 7) is 1.11. The Hall–Kier alpha value is -1.99. The van der Waals surface area contributed by atoms with Crippen molar-refractivity contribution in [3.05, 3.63) is 30.4 Å². The first kappa shape index (κ1) is 14.0. The number of aliphatic hydroxyl groups excluding tert-OH is 1. The van der Waals surface area contributed by atoms with E-state index in [1.165, 1.54) is 0 Å². The number of β-amino-alcohol motifs (C(OH)–C–C–N with tert-alkyl or cyclic N) is 1. The van der Waals surface area contributed by atoms with Gasteiger partial charge in [-0.15, -0.1) is 0 Å². The fraction of sp³-hybridized carbons (Fsp3) is 0.500. The number of likely N-dealkylation sites (tertiary alicyclic amines) is 1. The van der Waals surface area contributed by atoms with Crippen molar-refractivity contribution >= 4 is 11.4 Å². The SMILES string of the molecule is CN(C)CC1CC(O)CN1C(=O)c1cnn2ccncc12. The predicted molar refractivity (Wildman–Crippen MR) is 77.0 cm³/mol. The molecule has 3 rings (SSSR count). The van der Waals surface area contributed by atoms with Crippen LogP contribution < -0.4 is 0 Å². The number of hydrogen-bond donors (Lipinski definition) is 1. The van der Waals surface area contributed by atoms with Gasteiger partial charge in [-0.3, -0.25) is 9.78 Å². The minimum atomic E-state index is -0.459. The fourth-order valence-electron chi connectivity index (χ4n) is 2.89. The summed E-state index contributed by atoms with van der Waals surface area (Å²) in [5.41, 5.74) is 1.22. The lowest BCUT2D eigenvalue weighted by atomic mass is 10.2. The van der Waals surface area contributed by atoms with Gasteiger partial charge in [-0.1, -0.05) is 0 Å². The molecule has 3 heterocycles. The summed E-state index contributed by atoms with van der Waals surface area (Å²) in [5, 5.41) is 14.1. The molecule has 112 valence electrons. The van der Waals surface area contributed by atoms with Gasteiger partial charge in [-0.25, -0.2) is 4.52 Å². The van der Waals surface area contributed by atoms with Crippen molar-refractivity contribution in [2.45, 2.75) is 18.6 Å². The molecule has 1 aliphatic rings. The van der Waals surface area contributed by atoms with Crippen molar-refractivity contribution in [1.82, 2.24) is 24.4 Å². The molecule has 7 nitrogen and oxygen atoms in total. The van der Waals surface area contributed by atoms with Crippen LogP contribution in [0.5, 0.6) is 0 Å². The smallest absolute Gasteiger partial charge is 0.258 e. The standard InChI is InChI=1S/C14H19N5O2/c1-17(2)8-10-5-11(20)9-18(10)14(21)12-6-16-19-4-3-15-7-13(12)19/h3-4,6-7,10-11,20H,5,8-9H2,1-2H3. The molecule has 1 saturated heterocycles. The molecule has 1 aliphatic heterocycles. The van der Waals surface area contributed by atoms with Gasteiger partial charge < -0.3 is 14.9 Å². The molecule has 0 saturated carbocycles. The molecule has 2 aromatic heterocycles. The molecule has 0 aliphatic carbocycles. The van der Waals surface area contributed by atoms with E-state index in [1.54, 1.807) is 34.2 Å². The van der Waals surface area contributed by atoms with Gasteiger partial charge in [0.05, 0.1) is 29.6 Å². The number of carbonyl (C=O) groups is 1. The first-order chi connectivity index (χ1) is 10.1. The molecule has 1 N–H and O–H groups in total. The second kappa shape index (κ2) is 5.42. The van der Waals surface area contributed by atoms with Crippen LogP contribution in [0.4, 0.5) is 0 Å². The highest BCUT2D eigenvalue weighted by atomic mass is 16.3. The molecule has 1 amide bonds. The van der Waals surface area contributed by atoms with Crippen LogP contribution in [0.3, 0.4) is 0 Å². The lowest BCUT2D eigenvalue weighted by Gasteiger charge is -2.26. The van der Waals surface area contributed by atoms with Gasteiger partial charge in [0.1, 0.15) is 0 Å². The fourth-order valence-corrected chi connectivity index (χ4v) is 2.89. The third-order valence-electron chi connectivity index (χ3n) is 3.78. The van der Waals surface area contributed by atoms with Gasteiger partial charge in [-0.2, -0.15) is 5.10 Å². The normalized spacial score (nSPS) is 22.4. The van der Waals surface area contributed by atoms with Crippen molar-refractivity contribution < 1.29 is 9.90 Å². The number of aromatic nitrogens is 3. The number of hydrogen-bond acceptors (Lipinski definition) is 5. The zero-order valence-corrected chi connectivity index (χ0v) is 12.2. The molecular weight excluding hydrogens is 270 g/mol. The van der Waals surface area contributed by atoms with E-state index >= 15 is 0 Å². The highest BCUT2D eigenvalue weighted by Crippen LogP contribution is 2.22. The summed E-state index contributed by atoms with van der Waals surface area (Å²) in [4.78, 5) is 20.6. The molecule has 2 atom stereocenters. The van der Waals surface area contributed by atoms with Crippen LogP contribution >= 0.6 is 0 Å². The molecule has 2 aromatic rings. The minimum Gasteiger partial charge on any atom is -0.391 e. The maximum absolute atomic E-state index is 12.8. The molecule has 7 heteroatoms. The van der Waals surface area contributed by atoms with Crippen molar-refractivity contribution in [3.63, 3.8) is 0 Å². The zero-order valence-electron chi connectivity index (χ0n) is 12.2. The van der Waals surface area contributed by atoms with Crippen LogP contribution in [0, 0.1) is 0 Å². The van der Waals surface area contributed by atoms with E-state index in [2.05, 4.69) is 10.1 Å². The van der Waals surface area contributed by atoms with Crippen LogP contribution in [0.2, 0.25) is 0 Å². The largest absolute Gasteiger partial charge is 0.391 e. The lowest BCUT2D eigenvalue weighted by molar-refractivity contribution is 0.0701. The second-order valence-corrected chi connectivity index (χ2v) is 5.73. The first-order valence-electron chi connectivity index (χ1n) is 6.97. The molecule has 2 unspecified atom stereocenters. The number of aliphatic hydroxyl groups is 1. The van der Waals surface area contributed by atoms with Crippen molar-refractivity contribution in [3.8, 4) is 0 Å². The van der Waals surface area contributed by atoms with Gasteiger partial charge in [0.15, 0.2) is 0 Å². The van der Waals surface area contributed by atoms with Gasteiger partial charge in [0.2, 0.25) is 0 Å². The number of likely N-dealkylation sites (N-methyl/N-ethyl adjacent to an activating group) is 1. The van der Waals surface area contributed by atoms with E-state index in [1.807, 2.05) is 19.0 Å². The average molecular weight is 289 g/mol. The highest BCUT2D eigenvalue weighted by Gasteiger charge is 2.35. The number of fused-ring (bicyclic) bond motifs is 1. The Morgan fingerprint density at radius 3 is 3.05 bits per heavy atom. The highest BCUT2D eigenvalue weighted by molar-refractivity contribution is 6.00. The van der Waals surface area contributed by atoms with Crippen LogP contribution in [-0.4, -0.2) is 74.7 Å². The first-order valence-corrected chi connectivity index (χ1v) is 6.97. The van der Waals surface area contributed by atoms with Crippen LogP contribution in [-0.2, 0) is 0 Å². The average Bonchev–Trinajstić information content (AvgIpc) is 3.01. The van der Waals surface area contributed by atoms with E-state index in [-0.39, 0.29) is 11.9 Å². The summed E-state index contributed by atoms with van der Waals surface area (Å²) in [6, 6.07) is 0.0223. The molecular formula is C14H19N5O2. The monoisotopic (exact) mass is 289 g/mol. The Bertz CT molecular complexity index is 654. The van der Waals surface area contributed by atoms with Crippen LogP contribution in [0.1, 0.15) is 16.8 Å². The minimum absolute atomic E-state index is 0.0223. The van der Waals surface area contributed by atoms with Crippen LogP contribution in [0.15, 0.2) is 24.8 Å². The summed E-state index contributed by atoms with van der Waals surface area (Å²) in [7, 11) is 3.93. The molecule has 21 heavy (non-hydrogen) atoms. The summed E-state index contributed by atoms with van der Waals surface area (Å²) >= 11 is 0. The number of carbonyl (C=O) groups excluding carboxylic acids is 1. The summed E-state index contributed by atoms with van der Waals surface area (Å²) in [5.74, 6) is -0.0959. The third-order valence-corrected chi connectivity index (χ3v) is 3.78. The summed E-state index contributed by atoms with van der Waals surface area (Å²) in [6.07, 6.45) is 6.69. The van der Waals surface area contributed by atoms with Crippen molar-refractivity contribution in [1.29, 1.82) is 0 Å². The second-order valence-electron chi connectivity index (χ2n) is 5.73. The van der Waals surface area contributed by atoms with Gasteiger partial charge >= 0.3 is 0 Å². The van der Waals surface area contributed by atoms with E-state index in [0.29, 0.717) is 24.0 Å². The maximum Gasteiger partial charge on any atom is 0.258 e. The Balaban J connectivity index is 1.90. The van der Waals surface area contributed by atoms with Crippen LogP contribution in [0.25, 0.3) is 5.52 Å². The number of nitrogens with zero attached hydrogens (tertiary/aromatic N) is 5. The molecule has 0 spiro atoms. The van der Waals surface area contributed by atoms with Gasteiger partial charge in [0.25, 0.3) is 5.91 Å². The maximum atomic E-state index is 12.8. The van der Waals surface area contributed by atoms with Crippen molar-refractivity contribution in [2.75, 3.05) is 27.2 Å². The van der Waals surface area contributed by atoms with E-state index in [4.69, 9.17) is 0 Å². The molecule has 1 fully saturated rings. The molecule has 0 bridgehead atoms. The van der Waals surface area contributed by atoms with E-state index < -0.39 is 6.10 Å². The Morgan fingerprint density at radius 2 is 2.29 bits per heavy atom. The third kappa shape index (κ3) is 2.62. The summed E-state index contributed by atoms with van der Waals surface area (Å²) < 4.78 is 1.63. The van der Waals surface area contributed by atoms with E-state index in [0.717, 1.165) is 6.54 Å². The van der Waals surface area contributed by atoms with Crippen molar-refractivity contribution in [2.24, 2.45) is 0 Å². The quantitative estimate of drug-likeness (QED) is 0.852. The van der Waals surface area contributed by atoms with Gasteiger partial charge in [0, 0.05) is 31.5 Å². The lowest BCUT2D eigenvalue weighted by Crippen LogP contribution is -2.41. The van der Waals surface area contributed by atoms with Gasteiger partial charge in [-0.05, 0) is 20.5 Å². The molecule has 0 radical (unpaired) electrons.